The van der Waals surface area contributed by atoms with Crippen molar-refractivity contribution in [2.75, 3.05) is 13.6 Å². The summed E-state index contributed by atoms with van der Waals surface area (Å²) in [6.45, 7) is 1.21. The van der Waals surface area contributed by atoms with Crippen molar-refractivity contribution in [2.45, 2.75) is 18.9 Å². The van der Waals surface area contributed by atoms with Gasteiger partial charge in [-0.15, -0.1) is 0 Å². The van der Waals surface area contributed by atoms with Gasteiger partial charge in [-0.1, -0.05) is 18.2 Å². The Morgan fingerprint density at radius 1 is 1.31 bits per heavy atom. The molecule has 2 aromatic rings. The highest BCUT2D eigenvalue weighted by atomic mass is 15.1. The van der Waals surface area contributed by atoms with Gasteiger partial charge in [0.25, 0.3) is 0 Å². The molecule has 3 rings (SSSR count). The molecular weight excluding hydrogens is 196 g/mol. The van der Waals surface area contributed by atoms with Crippen LogP contribution in [-0.2, 0) is 0 Å². The highest BCUT2D eigenvalue weighted by molar-refractivity contribution is 5.78. The van der Waals surface area contributed by atoms with Crippen LogP contribution < -0.4 is 0 Å². The highest BCUT2D eigenvalue weighted by Crippen LogP contribution is 2.30. The lowest BCUT2D eigenvalue weighted by molar-refractivity contribution is 0.317. The molecule has 16 heavy (non-hydrogen) atoms. The number of pyridine rings is 1. The predicted molar refractivity (Wildman–Crippen MR) is 66.3 cm³/mol. The van der Waals surface area contributed by atoms with Crippen LogP contribution in [0.5, 0.6) is 0 Å². The molecule has 2 heteroatoms. The number of fused-ring (bicyclic) bond motifs is 1. The third-order valence-electron chi connectivity index (χ3n) is 3.52. The summed E-state index contributed by atoms with van der Waals surface area (Å²) in [5, 5.41) is 1.25. The van der Waals surface area contributed by atoms with Crippen molar-refractivity contribution < 1.29 is 0 Å². The van der Waals surface area contributed by atoms with Crippen LogP contribution in [0.2, 0.25) is 0 Å². The van der Waals surface area contributed by atoms with Gasteiger partial charge in [-0.05, 0) is 44.1 Å². The molecule has 2 heterocycles. The Morgan fingerprint density at radius 3 is 3.00 bits per heavy atom. The van der Waals surface area contributed by atoms with Crippen LogP contribution in [0.3, 0.4) is 0 Å². The molecule has 1 fully saturated rings. The molecule has 1 aromatic heterocycles. The number of para-hydroxylation sites is 1. The largest absolute Gasteiger partial charge is 0.299 e. The quantitative estimate of drug-likeness (QED) is 0.722. The molecule has 1 aliphatic heterocycles. The minimum absolute atomic E-state index is 0.567. The van der Waals surface area contributed by atoms with Crippen LogP contribution in [0, 0.1) is 0 Å². The maximum Gasteiger partial charge on any atom is 0.0702 e. The van der Waals surface area contributed by atoms with E-state index in [1.807, 2.05) is 12.3 Å². The van der Waals surface area contributed by atoms with E-state index in [-0.39, 0.29) is 0 Å². The zero-order valence-electron chi connectivity index (χ0n) is 9.56. The Balaban J connectivity index is 2.04. The van der Waals surface area contributed by atoms with Gasteiger partial charge in [0.1, 0.15) is 0 Å². The van der Waals surface area contributed by atoms with E-state index in [1.54, 1.807) is 0 Å². The molecule has 1 atom stereocenters. The van der Waals surface area contributed by atoms with Crippen molar-refractivity contribution in [3.63, 3.8) is 0 Å². The Bertz CT molecular complexity index is 507. The summed E-state index contributed by atoms with van der Waals surface area (Å²) in [7, 11) is 2.20. The summed E-state index contributed by atoms with van der Waals surface area (Å²) in [6.07, 6.45) is 4.60. The van der Waals surface area contributed by atoms with E-state index in [4.69, 9.17) is 0 Å². The van der Waals surface area contributed by atoms with Crippen LogP contribution in [0.1, 0.15) is 24.4 Å². The van der Waals surface area contributed by atoms with Gasteiger partial charge in [-0.2, -0.15) is 0 Å². The van der Waals surface area contributed by atoms with Gasteiger partial charge in [0.15, 0.2) is 0 Å². The number of likely N-dealkylation sites (tertiary alicyclic amines) is 1. The lowest BCUT2D eigenvalue weighted by Crippen LogP contribution is -2.17. The summed E-state index contributed by atoms with van der Waals surface area (Å²) >= 11 is 0. The molecule has 1 unspecified atom stereocenters. The molecule has 1 aliphatic rings. The van der Waals surface area contributed by atoms with Crippen LogP contribution in [0.4, 0.5) is 0 Å². The van der Waals surface area contributed by atoms with E-state index in [0.717, 1.165) is 5.52 Å². The standard InChI is InChI=1S/C14H16N2/c1-16-8-4-7-14(16)12-9-11-5-2-3-6-13(11)15-10-12/h2-3,5-6,9-10,14H,4,7-8H2,1H3. The zero-order valence-corrected chi connectivity index (χ0v) is 9.56. The van der Waals surface area contributed by atoms with Crippen molar-refractivity contribution in [3.05, 3.63) is 42.1 Å². The number of rotatable bonds is 1. The molecule has 1 aromatic carbocycles. The van der Waals surface area contributed by atoms with Crippen LogP contribution in [0.15, 0.2) is 36.5 Å². The first-order chi connectivity index (χ1) is 7.84. The first-order valence-corrected chi connectivity index (χ1v) is 5.89. The molecule has 2 nitrogen and oxygen atoms in total. The second kappa shape index (κ2) is 3.87. The molecular formula is C14H16N2. The van der Waals surface area contributed by atoms with Gasteiger partial charge in [0.2, 0.25) is 0 Å². The third kappa shape index (κ3) is 1.59. The van der Waals surface area contributed by atoms with E-state index in [9.17, 15) is 0 Å². The number of hydrogen-bond acceptors (Lipinski definition) is 2. The summed E-state index contributed by atoms with van der Waals surface area (Å²) in [5.74, 6) is 0. The Morgan fingerprint density at radius 2 is 2.19 bits per heavy atom. The summed E-state index contributed by atoms with van der Waals surface area (Å²) in [5.41, 5.74) is 2.45. The zero-order chi connectivity index (χ0) is 11.0. The fourth-order valence-electron chi connectivity index (χ4n) is 2.60. The number of nitrogens with zero attached hydrogens (tertiary/aromatic N) is 2. The maximum absolute atomic E-state index is 4.53. The molecule has 0 aliphatic carbocycles. The van der Waals surface area contributed by atoms with Gasteiger partial charge >= 0.3 is 0 Å². The normalized spacial score (nSPS) is 21.7. The lowest BCUT2D eigenvalue weighted by atomic mass is 10.0. The van der Waals surface area contributed by atoms with E-state index < -0.39 is 0 Å². The monoisotopic (exact) mass is 212 g/mol. The molecule has 82 valence electrons. The molecule has 0 spiro atoms. The van der Waals surface area contributed by atoms with E-state index in [2.05, 4.69) is 41.2 Å². The van der Waals surface area contributed by atoms with Crippen LogP contribution >= 0.6 is 0 Å². The minimum Gasteiger partial charge on any atom is -0.299 e. The van der Waals surface area contributed by atoms with Crippen molar-refractivity contribution in [1.29, 1.82) is 0 Å². The van der Waals surface area contributed by atoms with Crippen molar-refractivity contribution >= 4 is 10.9 Å². The van der Waals surface area contributed by atoms with Crippen molar-refractivity contribution in [3.8, 4) is 0 Å². The molecule has 0 amide bonds. The topological polar surface area (TPSA) is 16.1 Å². The fraction of sp³-hybridized carbons (Fsp3) is 0.357. The third-order valence-corrected chi connectivity index (χ3v) is 3.52. The van der Waals surface area contributed by atoms with Gasteiger partial charge in [0.05, 0.1) is 5.52 Å². The predicted octanol–water partition coefficient (Wildman–Crippen LogP) is 3.00. The molecule has 1 saturated heterocycles. The molecule has 0 bridgehead atoms. The van der Waals surface area contributed by atoms with Gasteiger partial charge in [-0.3, -0.25) is 9.88 Å². The van der Waals surface area contributed by atoms with E-state index >= 15 is 0 Å². The van der Waals surface area contributed by atoms with Crippen LogP contribution in [0.25, 0.3) is 10.9 Å². The average molecular weight is 212 g/mol. The van der Waals surface area contributed by atoms with Gasteiger partial charge in [0, 0.05) is 17.6 Å². The van der Waals surface area contributed by atoms with Gasteiger partial charge < -0.3 is 0 Å². The molecule has 0 radical (unpaired) electrons. The minimum atomic E-state index is 0.567. The number of hydrogen-bond donors (Lipinski definition) is 0. The first kappa shape index (κ1) is 9.79. The Kier molecular flexibility index (Phi) is 2.37. The maximum atomic E-state index is 4.53. The summed E-state index contributed by atoms with van der Waals surface area (Å²) < 4.78 is 0. The molecule has 0 N–H and O–H groups in total. The Labute approximate surface area is 95.9 Å². The van der Waals surface area contributed by atoms with Crippen molar-refractivity contribution in [1.82, 2.24) is 9.88 Å². The smallest absolute Gasteiger partial charge is 0.0702 e. The first-order valence-electron chi connectivity index (χ1n) is 5.89. The van der Waals surface area contributed by atoms with Crippen LogP contribution in [-0.4, -0.2) is 23.5 Å². The SMILES string of the molecule is CN1CCCC1c1cnc2ccccc2c1. The summed E-state index contributed by atoms with van der Waals surface area (Å²) in [4.78, 5) is 6.96. The van der Waals surface area contributed by atoms with E-state index in [0.29, 0.717) is 6.04 Å². The lowest BCUT2D eigenvalue weighted by Gasteiger charge is -2.19. The highest BCUT2D eigenvalue weighted by Gasteiger charge is 2.22. The fourth-order valence-corrected chi connectivity index (χ4v) is 2.60. The second-order valence-electron chi connectivity index (χ2n) is 4.60. The second-order valence-corrected chi connectivity index (χ2v) is 4.60. The Hall–Kier alpha value is -1.41. The number of benzene rings is 1. The van der Waals surface area contributed by atoms with Gasteiger partial charge in [-0.25, -0.2) is 0 Å². The summed E-state index contributed by atoms with van der Waals surface area (Å²) in [6, 6.07) is 11.2. The molecule has 0 saturated carbocycles. The van der Waals surface area contributed by atoms with E-state index in [1.165, 1.54) is 30.3 Å². The average Bonchev–Trinajstić information content (AvgIpc) is 2.75. The van der Waals surface area contributed by atoms with Crippen molar-refractivity contribution in [2.24, 2.45) is 0 Å². The number of aromatic nitrogens is 1.